The average molecular weight is 457 g/mol. The van der Waals surface area contributed by atoms with Crippen LogP contribution in [0.3, 0.4) is 0 Å². The van der Waals surface area contributed by atoms with E-state index in [-0.39, 0.29) is 11.7 Å². The van der Waals surface area contributed by atoms with Crippen molar-refractivity contribution in [2.75, 3.05) is 18.2 Å². The molecule has 0 aliphatic heterocycles. The zero-order chi connectivity index (χ0) is 20.9. The van der Waals surface area contributed by atoms with Gasteiger partial charge < -0.3 is 15.0 Å². The van der Waals surface area contributed by atoms with Crippen molar-refractivity contribution >= 4 is 45.7 Å². The van der Waals surface area contributed by atoms with Crippen LogP contribution in [0.4, 0.5) is 5.13 Å². The SMILES string of the molecule is COc1cccc(-c2nc(SCC(=O)Nc3nccs3)c(-c3ccc(Cl)cc3)[nH]2)c1. The van der Waals surface area contributed by atoms with Gasteiger partial charge >= 0.3 is 0 Å². The number of nitrogens with zero attached hydrogens (tertiary/aromatic N) is 2. The molecule has 0 saturated heterocycles. The van der Waals surface area contributed by atoms with Gasteiger partial charge in [-0.15, -0.1) is 11.3 Å². The van der Waals surface area contributed by atoms with Crippen LogP contribution in [0.25, 0.3) is 22.6 Å². The summed E-state index contributed by atoms with van der Waals surface area (Å²) in [5, 5.41) is 6.57. The summed E-state index contributed by atoms with van der Waals surface area (Å²) in [6, 6.07) is 15.2. The summed E-state index contributed by atoms with van der Waals surface area (Å²) in [5.41, 5.74) is 2.66. The molecule has 4 aromatic rings. The molecule has 0 saturated carbocycles. The van der Waals surface area contributed by atoms with Gasteiger partial charge in [0.25, 0.3) is 0 Å². The number of hydrogen-bond acceptors (Lipinski definition) is 6. The van der Waals surface area contributed by atoms with Crippen molar-refractivity contribution in [2.45, 2.75) is 5.03 Å². The topological polar surface area (TPSA) is 79.9 Å². The molecule has 0 aliphatic carbocycles. The standard InChI is InChI=1S/C21H17ClN4O2S2/c1-28-16-4-2-3-14(11-16)19-25-18(13-5-7-15(22)8-6-13)20(26-19)30-12-17(27)24-21-23-9-10-29-21/h2-11H,12H2,1H3,(H,25,26)(H,23,24,27). The Bertz CT molecular complexity index is 1140. The maximum Gasteiger partial charge on any atom is 0.236 e. The average Bonchev–Trinajstić information content (AvgIpc) is 3.43. The lowest BCUT2D eigenvalue weighted by Gasteiger charge is -2.03. The largest absolute Gasteiger partial charge is 0.497 e. The van der Waals surface area contributed by atoms with Crippen LogP contribution in [0.15, 0.2) is 65.1 Å². The fourth-order valence-electron chi connectivity index (χ4n) is 2.76. The summed E-state index contributed by atoms with van der Waals surface area (Å²) in [4.78, 5) is 24.5. The van der Waals surface area contributed by atoms with Gasteiger partial charge in [-0.3, -0.25) is 4.79 Å². The molecule has 152 valence electrons. The second kappa shape index (κ2) is 9.34. The number of amides is 1. The smallest absolute Gasteiger partial charge is 0.236 e. The van der Waals surface area contributed by atoms with Gasteiger partial charge in [0.15, 0.2) is 5.13 Å². The third kappa shape index (κ3) is 4.84. The number of hydrogen-bond donors (Lipinski definition) is 2. The van der Waals surface area contributed by atoms with E-state index in [2.05, 4.69) is 15.3 Å². The third-order valence-corrected chi connectivity index (χ3v) is 6.08. The molecular formula is C21H17ClN4O2S2. The van der Waals surface area contributed by atoms with Crippen molar-refractivity contribution in [3.8, 4) is 28.4 Å². The number of carbonyl (C=O) groups excluding carboxylic acids is 1. The quantitative estimate of drug-likeness (QED) is 0.354. The first-order valence-corrected chi connectivity index (χ1v) is 11.2. The number of benzene rings is 2. The maximum absolute atomic E-state index is 12.3. The Hall–Kier alpha value is -2.81. The monoisotopic (exact) mass is 456 g/mol. The molecule has 4 rings (SSSR count). The maximum atomic E-state index is 12.3. The van der Waals surface area contributed by atoms with E-state index in [1.54, 1.807) is 13.3 Å². The number of halogens is 1. The summed E-state index contributed by atoms with van der Waals surface area (Å²) >= 11 is 8.78. The Balaban J connectivity index is 1.62. The highest BCUT2D eigenvalue weighted by Crippen LogP contribution is 2.34. The molecular weight excluding hydrogens is 440 g/mol. The highest BCUT2D eigenvalue weighted by molar-refractivity contribution is 8.00. The number of rotatable bonds is 7. The molecule has 6 nitrogen and oxygen atoms in total. The van der Waals surface area contributed by atoms with Gasteiger partial charge in [0.1, 0.15) is 16.6 Å². The number of nitrogens with one attached hydrogen (secondary N) is 2. The van der Waals surface area contributed by atoms with Crippen LogP contribution in [0.1, 0.15) is 0 Å². The van der Waals surface area contributed by atoms with Crippen LogP contribution in [0.2, 0.25) is 5.02 Å². The molecule has 0 radical (unpaired) electrons. The molecule has 2 N–H and O–H groups in total. The molecule has 30 heavy (non-hydrogen) atoms. The summed E-state index contributed by atoms with van der Waals surface area (Å²) in [6.07, 6.45) is 1.65. The van der Waals surface area contributed by atoms with Gasteiger partial charge in [-0.25, -0.2) is 9.97 Å². The van der Waals surface area contributed by atoms with Crippen LogP contribution in [0.5, 0.6) is 5.75 Å². The predicted octanol–water partition coefficient (Wildman–Crippen LogP) is 5.59. The lowest BCUT2D eigenvalue weighted by atomic mass is 10.2. The van der Waals surface area contributed by atoms with Gasteiger partial charge in [-0.1, -0.05) is 47.6 Å². The third-order valence-electron chi connectivity index (χ3n) is 4.17. The summed E-state index contributed by atoms with van der Waals surface area (Å²) in [5.74, 6) is 1.52. The Morgan fingerprint density at radius 2 is 2.07 bits per heavy atom. The van der Waals surface area contributed by atoms with Crippen molar-refractivity contribution in [1.29, 1.82) is 0 Å². The van der Waals surface area contributed by atoms with Crippen LogP contribution >= 0.6 is 34.7 Å². The molecule has 0 unspecified atom stereocenters. The minimum absolute atomic E-state index is 0.136. The molecule has 1 amide bonds. The molecule has 9 heteroatoms. The number of carbonyl (C=O) groups is 1. The highest BCUT2D eigenvalue weighted by Gasteiger charge is 2.16. The van der Waals surface area contributed by atoms with E-state index in [4.69, 9.17) is 21.3 Å². The second-order valence-corrected chi connectivity index (χ2v) is 8.47. The Morgan fingerprint density at radius 1 is 1.23 bits per heavy atom. The number of methoxy groups -OCH3 is 1. The Kier molecular flexibility index (Phi) is 6.37. The lowest BCUT2D eigenvalue weighted by molar-refractivity contribution is -0.113. The molecule has 2 aromatic carbocycles. The number of aromatic nitrogens is 3. The van der Waals surface area contributed by atoms with Crippen molar-refractivity contribution < 1.29 is 9.53 Å². The van der Waals surface area contributed by atoms with Gasteiger partial charge in [0.05, 0.1) is 18.6 Å². The fourth-order valence-corrected chi connectivity index (χ4v) is 4.24. The van der Waals surface area contributed by atoms with Gasteiger partial charge in [0.2, 0.25) is 5.91 Å². The molecule has 0 spiro atoms. The summed E-state index contributed by atoms with van der Waals surface area (Å²) < 4.78 is 5.32. The number of thioether (sulfide) groups is 1. The van der Waals surface area contributed by atoms with Gasteiger partial charge in [-0.05, 0) is 24.3 Å². The highest BCUT2D eigenvalue weighted by atomic mass is 35.5. The summed E-state index contributed by atoms with van der Waals surface area (Å²) in [7, 11) is 1.63. The zero-order valence-corrected chi connectivity index (χ0v) is 18.3. The number of thiazole rings is 1. The van der Waals surface area contributed by atoms with Crippen molar-refractivity contribution in [3.63, 3.8) is 0 Å². The number of H-pyrrole nitrogens is 1. The lowest BCUT2D eigenvalue weighted by Crippen LogP contribution is -2.13. The second-order valence-electron chi connectivity index (χ2n) is 6.18. The van der Waals surface area contributed by atoms with Crippen molar-refractivity contribution in [1.82, 2.24) is 15.0 Å². The van der Waals surface area contributed by atoms with Gasteiger partial charge in [-0.2, -0.15) is 0 Å². The van der Waals surface area contributed by atoms with Crippen LogP contribution in [-0.2, 0) is 4.79 Å². The van der Waals surface area contributed by atoms with E-state index in [1.165, 1.54) is 23.1 Å². The fraction of sp³-hybridized carbons (Fsp3) is 0.0952. The molecule has 0 fully saturated rings. The predicted molar refractivity (Wildman–Crippen MR) is 122 cm³/mol. The van der Waals surface area contributed by atoms with Crippen LogP contribution in [0, 0.1) is 0 Å². The molecule has 2 aromatic heterocycles. The first kappa shape index (κ1) is 20.5. The number of aromatic amines is 1. The molecule has 2 heterocycles. The number of ether oxygens (including phenoxy) is 1. The van der Waals surface area contributed by atoms with E-state index >= 15 is 0 Å². The normalized spacial score (nSPS) is 10.7. The van der Waals surface area contributed by atoms with E-state index in [9.17, 15) is 4.79 Å². The molecule has 0 bridgehead atoms. The van der Waals surface area contributed by atoms with E-state index in [0.717, 1.165) is 27.6 Å². The number of imidazole rings is 1. The molecule has 0 atom stereocenters. The minimum Gasteiger partial charge on any atom is -0.497 e. The first-order valence-electron chi connectivity index (χ1n) is 8.95. The van der Waals surface area contributed by atoms with E-state index < -0.39 is 0 Å². The zero-order valence-electron chi connectivity index (χ0n) is 15.9. The Morgan fingerprint density at radius 3 is 2.80 bits per heavy atom. The van der Waals surface area contributed by atoms with E-state index in [0.29, 0.717) is 16.0 Å². The summed E-state index contributed by atoms with van der Waals surface area (Å²) in [6.45, 7) is 0. The van der Waals surface area contributed by atoms with Gasteiger partial charge in [0, 0.05) is 27.7 Å². The molecule has 0 aliphatic rings. The van der Waals surface area contributed by atoms with Crippen LogP contribution in [-0.4, -0.2) is 33.7 Å². The van der Waals surface area contributed by atoms with Crippen molar-refractivity contribution in [2.24, 2.45) is 0 Å². The van der Waals surface area contributed by atoms with Crippen molar-refractivity contribution in [3.05, 3.63) is 65.1 Å². The number of anilines is 1. The minimum atomic E-state index is -0.136. The van der Waals surface area contributed by atoms with E-state index in [1.807, 2.05) is 53.9 Å². The first-order chi connectivity index (χ1) is 14.6. The van der Waals surface area contributed by atoms with Crippen LogP contribution < -0.4 is 10.1 Å². The Labute approximate surface area is 186 Å².